The molecule has 0 aliphatic carbocycles. The molecule has 3 heterocycles. The number of ether oxygens (including phenoxy) is 1. The topological polar surface area (TPSA) is 142 Å². The van der Waals surface area contributed by atoms with Gasteiger partial charge in [-0.2, -0.15) is 4.68 Å². The fourth-order valence-electron chi connectivity index (χ4n) is 2.99. The fourth-order valence-corrected chi connectivity index (χ4v) is 3.81. The van der Waals surface area contributed by atoms with Crippen molar-refractivity contribution in [1.82, 2.24) is 20.2 Å². The first-order chi connectivity index (χ1) is 14.0. The standard InChI is InChI=1S/C17H12N6O5S/c1-28-16(25)13-12(15(24)9-4-6-10(7-5-9)23(26)27)14(11-3-2-8-29-11)22-17(18-13)19-20-21-22/h2-8,14H,1H3,(H,18,19,21)/t14-/m0/s1. The Morgan fingerprint density at radius 1 is 1.28 bits per heavy atom. The van der Waals surface area contributed by atoms with E-state index in [1.54, 1.807) is 12.1 Å². The van der Waals surface area contributed by atoms with Crippen LogP contribution in [-0.2, 0) is 9.53 Å². The third-order valence-corrected chi connectivity index (χ3v) is 5.23. The summed E-state index contributed by atoms with van der Waals surface area (Å²) in [6, 6.07) is 7.96. The van der Waals surface area contributed by atoms with Gasteiger partial charge in [0, 0.05) is 22.6 Å². The van der Waals surface area contributed by atoms with Crippen molar-refractivity contribution in [2.75, 3.05) is 12.4 Å². The smallest absolute Gasteiger partial charge is 0.355 e. The second-order valence-corrected chi connectivity index (χ2v) is 6.88. The number of anilines is 1. The summed E-state index contributed by atoms with van der Waals surface area (Å²) >= 11 is 1.37. The van der Waals surface area contributed by atoms with Gasteiger partial charge < -0.3 is 10.1 Å². The van der Waals surface area contributed by atoms with E-state index < -0.39 is 22.7 Å². The van der Waals surface area contributed by atoms with Crippen LogP contribution >= 0.6 is 11.3 Å². The number of non-ortho nitro benzene ring substituents is 1. The van der Waals surface area contributed by atoms with E-state index in [1.165, 1.54) is 47.4 Å². The van der Waals surface area contributed by atoms with Crippen LogP contribution in [0.3, 0.4) is 0 Å². The predicted octanol–water partition coefficient (Wildman–Crippen LogP) is 1.97. The average molecular weight is 412 g/mol. The van der Waals surface area contributed by atoms with Gasteiger partial charge in [0.05, 0.1) is 17.6 Å². The van der Waals surface area contributed by atoms with Gasteiger partial charge in [0.2, 0.25) is 5.95 Å². The van der Waals surface area contributed by atoms with Crippen molar-refractivity contribution in [3.8, 4) is 0 Å². The molecule has 1 atom stereocenters. The average Bonchev–Trinajstić information content (AvgIpc) is 3.43. The Balaban J connectivity index is 1.89. The molecule has 0 saturated carbocycles. The maximum Gasteiger partial charge on any atom is 0.355 e. The summed E-state index contributed by atoms with van der Waals surface area (Å²) in [5.41, 5.74) is 0.0134. The molecule has 11 nitrogen and oxygen atoms in total. The lowest BCUT2D eigenvalue weighted by Crippen LogP contribution is -2.32. The van der Waals surface area contributed by atoms with Crippen LogP contribution < -0.4 is 5.32 Å². The van der Waals surface area contributed by atoms with Gasteiger partial charge in [-0.05, 0) is 34.0 Å². The van der Waals surface area contributed by atoms with Crippen LogP contribution in [0.4, 0.5) is 11.6 Å². The molecule has 4 rings (SSSR count). The molecule has 1 aliphatic heterocycles. The van der Waals surface area contributed by atoms with Gasteiger partial charge >= 0.3 is 5.97 Å². The number of methoxy groups -OCH3 is 1. The van der Waals surface area contributed by atoms with Gasteiger partial charge in [0.25, 0.3) is 5.69 Å². The van der Waals surface area contributed by atoms with Crippen molar-refractivity contribution in [1.29, 1.82) is 0 Å². The summed E-state index contributed by atoms with van der Waals surface area (Å²) in [6.07, 6.45) is 0. The molecule has 0 saturated heterocycles. The molecule has 3 aromatic rings. The number of Topliss-reactive ketones (excluding diaryl/α,β-unsaturated/α-hetero) is 1. The Labute approximate surface area is 166 Å². The van der Waals surface area contributed by atoms with E-state index >= 15 is 0 Å². The van der Waals surface area contributed by atoms with E-state index in [-0.39, 0.29) is 28.5 Å². The Hall–Kier alpha value is -3.93. The van der Waals surface area contributed by atoms with Crippen molar-refractivity contribution in [3.05, 3.63) is 73.6 Å². The zero-order valence-electron chi connectivity index (χ0n) is 14.8. The lowest BCUT2D eigenvalue weighted by atomic mass is 9.92. The molecule has 1 N–H and O–H groups in total. The second kappa shape index (κ2) is 7.24. The molecular weight excluding hydrogens is 400 g/mol. The predicted molar refractivity (Wildman–Crippen MR) is 100 cm³/mol. The molecule has 0 unspecified atom stereocenters. The van der Waals surface area contributed by atoms with Crippen LogP contribution in [0.5, 0.6) is 0 Å². The van der Waals surface area contributed by atoms with Gasteiger partial charge in [-0.3, -0.25) is 14.9 Å². The summed E-state index contributed by atoms with van der Waals surface area (Å²) in [4.78, 5) is 36.9. The van der Waals surface area contributed by atoms with Crippen molar-refractivity contribution in [3.63, 3.8) is 0 Å². The van der Waals surface area contributed by atoms with Gasteiger partial charge in [0.1, 0.15) is 11.7 Å². The molecule has 0 radical (unpaired) electrons. The van der Waals surface area contributed by atoms with Crippen molar-refractivity contribution in [2.45, 2.75) is 6.04 Å². The number of fused-ring (bicyclic) bond motifs is 1. The van der Waals surface area contributed by atoms with Crippen molar-refractivity contribution >= 4 is 34.7 Å². The van der Waals surface area contributed by atoms with E-state index in [0.29, 0.717) is 0 Å². The highest BCUT2D eigenvalue weighted by Crippen LogP contribution is 2.38. The lowest BCUT2D eigenvalue weighted by Gasteiger charge is -2.27. The lowest BCUT2D eigenvalue weighted by molar-refractivity contribution is -0.384. The van der Waals surface area contributed by atoms with E-state index in [9.17, 15) is 19.7 Å². The third-order valence-electron chi connectivity index (χ3n) is 4.30. The number of tetrazole rings is 1. The number of carbonyl (C=O) groups excluding carboxylic acids is 2. The molecule has 12 heteroatoms. The van der Waals surface area contributed by atoms with E-state index in [4.69, 9.17) is 4.74 Å². The first-order valence-corrected chi connectivity index (χ1v) is 9.09. The minimum Gasteiger partial charge on any atom is -0.464 e. The molecule has 1 aromatic carbocycles. The number of carbonyl (C=O) groups is 2. The van der Waals surface area contributed by atoms with E-state index in [0.717, 1.165) is 4.88 Å². The maximum absolute atomic E-state index is 13.4. The van der Waals surface area contributed by atoms with Gasteiger partial charge in [-0.15, -0.1) is 11.3 Å². The Bertz CT molecular complexity index is 1140. The number of hydrogen-bond donors (Lipinski definition) is 1. The molecule has 0 bridgehead atoms. The largest absolute Gasteiger partial charge is 0.464 e. The number of thiophene rings is 1. The number of ketones is 1. The van der Waals surface area contributed by atoms with E-state index in [2.05, 4.69) is 20.8 Å². The number of nitrogens with one attached hydrogen (secondary N) is 1. The number of nitro benzene ring substituents is 1. The molecule has 0 fully saturated rings. The molecule has 0 amide bonds. The number of aromatic nitrogens is 4. The third kappa shape index (κ3) is 3.14. The quantitative estimate of drug-likeness (QED) is 0.288. The Kier molecular flexibility index (Phi) is 4.60. The van der Waals surface area contributed by atoms with E-state index in [1.807, 2.05) is 5.38 Å². The highest BCUT2D eigenvalue weighted by Gasteiger charge is 2.39. The molecule has 146 valence electrons. The summed E-state index contributed by atoms with van der Waals surface area (Å²) in [7, 11) is 1.20. The van der Waals surface area contributed by atoms with Crippen LogP contribution in [0.25, 0.3) is 0 Å². The number of nitrogens with zero attached hydrogens (tertiary/aromatic N) is 5. The number of nitro groups is 1. The zero-order valence-corrected chi connectivity index (χ0v) is 15.6. The van der Waals surface area contributed by atoms with Gasteiger partial charge in [-0.25, -0.2) is 4.79 Å². The summed E-state index contributed by atoms with van der Waals surface area (Å²) < 4.78 is 6.24. The minimum atomic E-state index is -0.766. The molecule has 1 aliphatic rings. The highest BCUT2D eigenvalue weighted by molar-refractivity contribution is 7.10. The minimum absolute atomic E-state index is 0.0768. The zero-order chi connectivity index (χ0) is 20.5. The maximum atomic E-state index is 13.4. The summed E-state index contributed by atoms with van der Waals surface area (Å²) in [6.45, 7) is 0. The molecule has 0 spiro atoms. The van der Waals surface area contributed by atoms with Crippen LogP contribution in [0, 0.1) is 10.1 Å². The number of esters is 1. The molecule has 29 heavy (non-hydrogen) atoms. The first-order valence-electron chi connectivity index (χ1n) is 8.21. The van der Waals surface area contributed by atoms with Crippen LogP contribution in [-0.4, -0.2) is 44.0 Å². The number of allylic oxidation sites excluding steroid dienone is 1. The first kappa shape index (κ1) is 18.4. The Morgan fingerprint density at radius 3 is 2.66 bits per heavy atom. The van der Waals surface area contributed by atoms with Crippen LogP contribution in [0.1, 0.15) is 21.3 Å². The number of hydrogen-bond acceptors (Lipinski definition) is 10. The SMILES string of the molecule is COC(=O)C1=C(C(=O)c2ccc([N+](=O)[O-])cc2)[C@H](c2cccs2)n2nnnc2N1. The van der Waals surface area contributed by atoms with Gasteiger partial charge in [-0.1, -0.05) is 11.2 Å². The summed E-state index contributed by atoms with van der Waals surface area (Å²) in [5, 5.41) is 26.9. The molecular formula is C17H12N6O5S. The fraction of sp³-hybridized carbons (Fsp3) is 0.118. The normalized spacial score (nSPS) is 15.4. The monoisotopic (exact) mass is 412 g/mol. The van der Waals surface area contributed by atoms with Crippen LogP contribution in [0.15, 0.2) is 53.0 Å². The summed E-state index contributed by atoms with van der Waals surface area (Å²) in [5.74, 6) is -1.08. The van der Waals surface area contributed by atoms with Crippen molar-refractivity contribution in [2.24, 2.45) is 0 Å². The molecule has 2 aromatic heterocycles. The van der Waals surface area contributed by atoms with Crippen molar-refractivity contribution < 1.29 is 19.2 Å². The number of rotatable bonds is 5. The number of benzene rings is 1. The Morgan fingerprint density at radius 2 is 2.03 bits per heavy atom. The van der Waals surface area contributed by atoms with Gasteiger partial charge in [0.15, 0.2) is 5.78 Å². The van der Waals surface area contributed by atoms with Crippen LogP contribution in [0.2, 0.25) is 0 Å². The highest BCUT2D eigenvalue weighted by atomic mass is 32.1. The second-order valence-electron chi connectivity index (χ2n) is 5.90.